The third-order valence-corrected chi connectivity index (χ3v) is 3.37. The molecule has 110 valence electrons. The number of anilines is 1. The fraction of sp³-hybridized carbons (Fsp3) is 0.133. The van der Waals surface area contributed by atoms with Crippen molar-refractivity contribution in [2.45, 2.75) is 13.0 Å². The number of carbonyl (C=O) groups is 1. The number of halogens is 3. The van der Waals surface area contributed by atoms with E-state index in [-0.39, 0.29) is 11.3 Å². The Morgan fingerprint density at radius 2 is 1.95 bits per heavy atom. The van der Waals surface area contributed by atoms with E-state index in [1.165, 1.54) is 18.2 Å². The van der Waals surface area contributed by atoms with Crippen LogP contribution in [0.4, 0.5) is 14.5 Å². The normalized spacial score (nSPS) is 12.0. The second kappa shape index (κ2) is 6.10. The van der Waals surface area contributed by atoms with Gasteiger partial charge < -0.3 is 11.1 Å². The van der Waals surface area contributed by atoms with Crippen molar-refractivity contribution in [3.8, 4) is 0 Å². The van der Waals surface area contributed by atoms with Crippen LogP contribution < -0.4 is 11.1 Å². The predicted octanol–water partition coefficient (Wildman–Crippen LogP) is 3.69. The van der Waals surface area contributed by atoms with Gasteiger partial charge in [-0.05, 0) is 43.3 Å². The standard InChI is InChI=1S/C15H13ClF2N2O/c1-8(11-7-10(17)3-5-13(11)18)20-15(21)9-2-4-12(16)14(19)6-9/h2-8H,19H2,1H3,(H,20,21). The molecule has 6 heteroatoms. The third kappa shape index (κ3) is 3.49. The lowest BCUT2D eigenvalue weighted by atomic mass is 10.1. The molecule has 0 saturated heterocycles. The van der Waals surface area contributed by atoms with Crippen LogP contribution in [0, 0.1) is 11.6 Å². The molecular weight excluding hydrogens is 298 g/mol. The van der Waals surface area contributed by atoms with E-state index >= 15 is 0 Å². The van der Waals surface area contributed by atoms with Gasteiger partial charge in [-0.2, -0.15) is 0 Å². The van der Waals surface area contributed by atoms with Crippen molar-refractivity contribution in [1.29, 1.82) is 0 Å². The number of nitrogens with two attached hydrogens (primary N) is 1. The average Bonchev–Trinajstić information content (AvgIpc) is 2.44. The Bertz CT molecular complexity index is 691. The molecule has 0 aromatic heterocycles. The fourth-order valence-corrected chi connectivity index (χ4v) is 2.01. The molecule has 3 nitrogen and oxygen atoms in total. The van der Waals surface area contributed by atoms with Crippen LogP contribution >= 0.6 is 11.6 Å². The molecule has 0 spiro atoms. The van der Waals surface area contributed by atoms with E-state index in [0.717, 1.165) is 18.2 Å². The molecule has 21 heavy (non-hydrogen) atoms. The minimum atomic E-state index is -0.690. The van der Waals surface area contributed by atoms with Crippen LogP contribution in [0.2, 0.25) is 5.02 Å². The summed E-state index contributed by atoms with van der Waals surface area (Å²) in [6.45, 7) is 1.56. The summed E-state index contributed by atoms with van der Waals surface area (Å²) in [6.07, 6.45) is 0. The smallest absolute Gasteiger partial charge is 0.251 e. The molecule has 2 aromatic carbocycles. The quantitative estimate of drug-likeness (QED) is 0.849. The van der Waals surface area contributed by atoms with Gasteiger partial charge in [0.15, 0.2) is 0 Å². The molecule has 0 fully saturated rings. The Hall–Kier alpha value is -2.14. The largest absolute Gasteiger partial charge is 0.398 e. The highest BCUT2D eigenvalue weighted by molar-refractivity contribution is 6.33. The van der Waals surface area contributed by atoms with E-state index in [2.05, 4.69) is 5.32 Å². The van der Waals surface area contributed by atoms with Crippen LogP contribution in [0.25, 0.3) is 0 Å². The fourth-order valence-electron chi connectivity index (χ4n) is 1.89. The maximum atomic E-state index is 13.6. The van der Waals surface area contributed by atoms with Crippen LogP contribution in [0.3, 0.4) is 0 Å². The summed E-state index contributed by atoms with van der Waals surface area (Å²) in [5.74, 6) is -1.60. The van der Waals surface area contributed by atoms with E-state index in [4.69, 9.17) is 17.3 Å². The van der Waals surface area contributed by atoms with Crippen molar-refractivity contribution in [3.63, 3.8) is 0 Å². The van der Waals surface area contributed by atoms with Gasteiger partial charge in [-0.1, -0.05) is 11.6 Å². The van der Waals surface area contributed by atoms with E-state index in [1.807, 2.05) is 0 Å². The zero-order valence-corrected chi connectivity index (χ0v) is 11.9. The monoisotopic (exact) mass is 310 g/mol. The molecule has 2 aromatic rings. The molecule has 0 bridgehead atoms. The van der Waals surface area contributed by atoms with Gasteiger partial charge in [-0.3, -0.25) is 4.79 Å². The van der Waals surface area contributed by atoms with Crippen LogP contribution in [-0.4, -0.2) is 5.91 Å². The molecule has 1 unspecified atom stereocenters. The van der Waals surface area contributed by atoms with Gasteiger partial charge in [-0.25, -0.2) is 8.78 Å². The Labute approximate surface area is 125 Å². The molecule has 1 atom stereocenters. The van der Waals surface area contributed by atoms with Gasteiger partial charge in [0.1, 0.15) is 11.6 Å². The number of benzene rings is 2. The van der Waals surface area contributed by atoms with Crippen LogP contribution in [0.5, 0.6) is 0 Å². The lowest BCUT2D eigenvalue weighted by Gasteiger charge is -2.15. The Morgan fingerprint density at radius 3 is 2.62 bits per heavy atom. The molecule has 1 amide bonds. The van der Waals surface area contributed by atoms with Crippen molar-refractivity contribution >= 4 is 23.2 Å². The third-order valence-electron chi connectivity index (χ3n) is 3.03. The summed E-state index contributed by atoms with van der Waals surface area (Å²) in [4.78, 5) is 12.1. The number of nitrogens with one attached hydrogen (secondary N) is 1. The zero-order valence-electron chi connectivity index (χ0n) is 11.2. The lowest BCUT2D eigenvalue weighted by Crippen LogP contribution is -2.27. The van der Waals surface area contributed by atoms with E-state index in [0.29, 0.717) is 10.6 Å². The molecule has 3 N–H and O–H groups in total. The maximum Gasteiger partial charge on any atom is 0.251 e. The minimum absolute atomic E-state index is 0.0743. The summed E-state index contributed by atoms with van der Waals surface area (Å²) in [5, 5.41) is 2.93. The summed E-state index contributed by atoms with van der Waals surface area (Å²) in [7, 11) is 0. The minimum Gasteiger partial charge on any atom is -0.398 e. The summed E-state index contributed by atoms with van der Waals surface area (Å²) >= 11 is 5.78. The summed E-state index contributed by atoms with van der Waals surface area (Å²) in [5.41, 5.74) is 6.26. The van der Waals surface area contributed by atoms with Crippen molar-refractivity contribution in [1.82, 2.24) is 5.32 Å². The molecular formula is C15H13ClF2N2O. The van der Waals surface area contributed by atoms with Crippen LogP contribution in [0.1, 0.15) is 28.9 Å². The van der Waals surface area contributed by atoms with Gasteiger partial charge in [0.25, 0.3) is 5.91 Å². The average molecular weight is 311 g/mol. The topological polar surface area (TPSA) is 55.1 Å². The number of hydrogen-bond acceptors (Lipinski definition) is 2. The van der Waals surface area contributed by atoms with Crippen molar-refractivity contribution < 1.29 is 13.6 Å². The first kappa shape index (κ1) is 15.3. The van der Waals surface area contributed by atoms with Crippen molar-refractivity contribution in [3.05, 3.63) is 64.2 Å². The van der Waals surface area contributed by atoms with E-state index in [1.54, 1.807) is 6.92 Å². The first-order valence-electron chi connectivity index (χ1n) is 6.19. The highest BCUT2D eigenvalue weighted by atomic mass is 35.5. The number of carbonyl (C=O) groups excluding carboxylic acids is 1. The van der Waals surface area contributed by atoms with Gasteiger partial charge in [0, 0.05) is 11.1 Å². The molecule has 0 saturated carbocycles. The molecule has 0 aliphatic rings. The highest BCUT2D eigenvalue weighted by Crippen LogP contribution is 2.21. The van der Waals surface area contributed by atoms with Crippen molar-refractivity contribution in [2.75, 3.05) is 5.73 Å². The second-order valence-electron chi connectivity index (χ2n) is 4.60. The molecule has 0 radical (unpaired) electrons. The Kier molecular flexibility index (Phi) is 4.43. The lowest BCUT2D eigenvalue weighted by molar-refractivity contribution is 0.0939. The Morgan fingerprint density at radius 1 is 1.24 bits per heavy atom. The van der Waals surface area contributed by atoms with Gasteiger partial charge in [-0.15, -0.1) is 0 Å². The number of hydrogen-bond donors (Lipinski definition) is 2. The highest BCUT2D eigenvalue weighted by Gasteiger charge is 2.16. The molecule has 0 heterocycles. The summed E-state index contributed by atoms with van der Waals surface area (Å²) < 4.78 is 26.8. The van der Waals surface area contributed by atoms with Gasteiger partial charge >= 0.3 is 0 Å². The zero-order chi connectivity index (χ0) is 15.6. The molecule has 0 aliphatic heterocycles. The first-order valence-corrected chi connectivity index (χ1v) is 6.57. The molecule has 2 rings (SSSR count). The second-order valence-corrected chi connectivity index (χ2v) is 5.00. The number of nitrogen functional groups attached to an aromatic ring is 1. The SMILES string of the molecule is CC(NC(=O)c1ccc(Cl)c(N)c1)c1cc(F)ccc1F. The number of rotatable bonds is 3. The first-order chi connectivity index (χ1) is 9.88. The predicted molar refractivity (Wildman–Crippen MR) is 78.1 cm³/mol. The van der Waals surface area contributed by atoms with E-state index < -0.39 is 23.6 Å². The van der Waals surface area contributed by atoms with Crippen molar-refractivity contribution in [2.24, 2.45) is 0 Å². The van der Waals surface area contributed by atoms with E-state index in [9.17, 15) is 13.6 Å². The van der Waals surface area contributed by atoms with Crippen LogP contribution in [0.15, 0.2) is 36.4 Å². The number of amides is 1. The maximum absolute atomic E-state index is 13.6. The molecule has 0 aliphatic carbocycles. The Balaban J connectivity index is 2.18. The van der Waals surface area contributed by atoms with Gasteiger partial charge in [0.2, 0.25) is 0 Å². The van der Waals surface area contributed by atoms with Gasteiger partial charge in [0.05, 0.1) is 16.8 Å². The van der Waals surface area contributed by atoms with Crippen LogP contribution in [-0.2, 0) is 0 Å². The summed E-state index contributed by atoms with van der Waals surface area (Å²) in [6, 6.07) is 6.83.